The van der Waals surface area contributed by atoms with Gasteiger partial charge >= 0.3 is 0 Å². The molecule has 98 valence electrons. The van der Waals surface area contributed by atoms with E-state index in [1.807, 2.05) is 30.3 Å². The molecule has 0 bridgehead atoms. The molecule has 0 heterocycles. The van der Waals surface area contributed by atoms with E-state index in [-0.39, 0.29) is 5.91 Å². The highest BCUT2D eigenvalue weighted by atomic mass is 16.1. The Balaban J connectivity index is 2.36. The molecule has 0 fully saturated rings. The minimum atomic E-state index is -0.0734. The van der Waals surface area contributed by atoms with Gasteiger partial charge in [0.15, 0.2) is 0 Å². The van der Waals surface area contributed by atoms with Crippen LogP contribution in [0.1, 0.15) is 18.1 Å². The lowest BCUT2D eigenvalue weighted by molar-refractivity contribution is -0.114. The molecule has 2 N–H and O–H groups in total. The van der Waals surface area contributed by atoms with Gasteiger partial charge < -0.3 is 10.6 Å². The van der Waals surface area contributed by atoms with E-state index in [4.69, 9.17) is 0 Å². The van der Waals surface area contributed by atoms with Crippen molar-refractivity contribution in [2.24, 2.45) is 0 Å². The molecular weight excluding hydrogens is 236 g/mol. The second-order valence-electron chi connectivity index (χ2n) is 4.62. The highest BCUT2D eigenvalue weighted by molar-refractivity contribution is 5.93. The Bertz CT molecular complexity index is 585. The number of hydrogen-bond acceptors (Lipinski definition) is 2. The Morgan fingerprint density at radius 2 is 1.47 bits per heavy atom. The van der Waals surface area contributed by atoms with Gasteiger partial charge in [0.25, 0.3) is 0 Å². The lowest BCUT2D eigenvalue weighted by atomic mass is 10.1. The van der Waals surface area contributed by atoms with E-state index < -0.39 is 0 Å². The van der Waals surface area contributed by atoms with E-state index in [9.17, 15) is 4.79 Å². The monoisotopic (exact) mass is 254 g/mol. The zero-order chi connectivity index (χ0) is 13.8. The summed E-state index contributed by atoms with van der Waals surface area (Å²) in [6.45, 7) is 5.64. The summed E-state index contributed by atoms with van der Waals surface area (Å²) in [7, 11) is 0. The van der Waals surface area contributed by atoms with Gasteiger partial charge in [-0.25, -0.2) is 0 Å². The first-order valence-corrected chi connectivity index (χ1v) is 6.28. The van der Waals surface area contributed by atoms with Gasteiger partial charge in [-0.05, 0) is 37.1 Å². The third-order valence-corrected chi connectivity index (χ3v) is 2.98. The summed E-state index contributed by atoms with van der Waals surface area (Å²) in [5.41, 5.74) is 5.13. The highest BCUT2D eigenvalue weighted by Crippen LogP contribution is 2.29. The van der Waals surface area contributed by atoms with Crippen molar-refractivity contribution in [3.63, 3.8) is 0 Å². The van der Waals surface area contributed by atoms with Gasteiger partial charge in [0.1, 0.15) is 0 Å². The molecule has 2 rings (SSSR count). The van der Waals surface area contributed by atoms with Crippen molar-refractivity contribution in [1.29, 1.82) is 0 Å². The summed E-state index contributed by atoms with van der Waals surface area (Å²) < 4.78 is 0. The van der Waals surface area contributed by atoms with Gasteiger partial charge in [-0.3, -0.25) is 4.79 Å². The first-order chi connectivity index (χ1) is 9.08. The molecule has 0 saturated heterocycles. The number of nitrogens with one attached hydrogen (secondary N) is 2. The van der Waals surface area contributed by atoms with Crippen LogP contribution in [-0.2, 0) is 4.79 Å². The van der Waals surface area contributed by atoms with E-state index in [2.05, 4.69) is 36.6 Å². The quantitative estimate of drug-likeness (QED) is 0.869. The summed E-state index contributed by atoms with van der Waals surface area (Å²) >= 11 is 0. The Labute approximate surface area is 113 Å². The average molecular weight is 254 g/mol. The first-order valence-electron chi connectivity index (χ1n) is 6.28. The van der Waals surface area contributed by atoms with E-state index in [0.29, 0.717) is 0 Å². The molecule has 19 heavy (non-hydrogen) atoms. The maximum atomic E-state index is 11.2. The van der Waals surface area contributed by atoms with Crippen LogP contribution in [0.4, 0.5) is 17.1 Å². The molecule has 0 aliphatic rings. The van der Waals surface area contributed by atoms with Crippen LogP contribution in [0, 0.1) is 13.8 Å². The van der Waals surface area contributed by atoms with Crippen molar-refractivity contribution in [3.05, 3.63) is 53.6 Å². The van der Waals surface area contributed by atoms with E-state index in [1.165, 1.54) is 18.1 Å². The highest BCUT2D eigenvalue weighted by Gasteiger charge is 2.06. The number of carbonyl (C=O) groups is 1. The Hall–Kier alpha value is -2.29. The van der Waals surface area contributed by atoms with Crippen LogP contribution in [0.3, 0.4) is 0 Å². The lowest BCUT2D eigenvalue weighted by Gasteiger charge is -2.16. The number of benzene rings is 2. The molecule has 3 nitrogen and oxygen atoms in total. The number of para-hydroxylation sites is 3. The largest absolute Gasteiger partial charge is 0.353 e. The molecule has 2 aromatic rings. The van der Waals surface area contributed by atoms with Crippen LogP contribution >= 0.6 is 0 Å². The van der Waals surface area contributed by atoms with Gasteiger partial charge in [-0.2, -0.15) is 0 Å². The average Bonchev–Trinajstić information content (AvgIpc) is 2.35. The maximum Gasteiger partial charge on any atom is 0.221 e. The van der Waals surface area contributed by atoms with Crippen molar-refractivity contribution in [2.45, 2.75) is 20.8 Å². The molecule has 0 aliphatic carbocycles. The van der Waals surface area contributed by atoms with Crippen molar-refractivity contribution >= 4 is 23.0 Å². The molecule has 0 radical (unpaired) electrons. The fourth-order valence-corrected chi connectivity index (χ4v) is 2.04. The van der Waals surface area contributed by atoms with Crippen LogP contribution in [-0.4, -0.2) is 5.91 Å². The Morgan fingerprint density at radius 3 is 2.05 bits per heavy atom. The molecule has 1 amide bonds. The van der Waals surface area contributed by atoms with Crippen LogP contribution in [0.15, 0.2) is 42.5 Å². The summed E-state index contributed by atoms with van der Waals surface area (Å²) in [5.74, 6) is -0.0734. The van der Waals surface area contributed by atoms with Crippen LogP contribution in [0.2, 0.25) is 0 Å². The van der Waals surface area contributed by atoms with Gasteiger partial charge in [0.05, 0.1) is 11.4 Å². The molecule has 3 heteroatoms. The van der Waals surface area contributed by atoms with Gasteiger partial charge in [-0.1, -0.05) is 30.3 Å². The SMILES string of the molecule is CC(=O)Nc1ccccc1Nc1c(C)cccc1C. The van der Waals surface area contributed by atoms with Gasteiger partial charge in [-0.15, -0.1) is 0 Å². The topological polar surface area (TPSA) is 41.1 Å². The number of hydrogen-bond donors (Lipinski definition) is 2. The number of aryl methyl sites for hydroxylation is 2. The molecular formula is C16H18N2O. The van der Waals surface area contributed by atoms with E-state index in [1.54, 1.807) is 0 Å². The normalized spacial score (nSPS) is 10.1. The van der Waals surface area contributed by atoms with E-state index >= 15 is 0 Å². The van der Waals surface area contributed by atoms with Crippen LogP contribution < -0.4 is 10.6 Å². The third kappa shape index (κ3) is 3.13. The molecule has 0 spiro atoms. The zero-order valence-electron chi connectivity index (χ0n) is 11.4. The standard InChI is InChI=1S/C16H18N2O/c1-11-7-6-8-12(2)16(11)18-15-10-5-4-9-14(15)17-13(3)19/h4-10,18H,1-3H3,(H,17,19). The zero-order valence-corrected chi connectivity index (χ0v) is 11.4. The summed E-state index contributed by atoms with van der Waals surface area (Å²) in [5, 5.41) is 6.23. The maximum absolute atomic E-state index is 11.2. The number of amides is 1. The Kier molecular flexibility index (Phi) is 3.85. The van der Waals surface area contributed by atoms with Gasteiger partial charge in [0, 0.05) is 12.6 Å². The van der Waals surface area contributed by atoms with E-state index in [0.717, 1.165) is 17.1 Å². The molecule has 0 aromatic heterocycles. The minimum absolute atomic E-state index is 0.0734. The first kappa shape index (κ1) is 13.1. The van der Waals surface area contributed by atoms with Gasteiger partial charge in [0.2, 0.25) is 5.91 Å². The van der Waals surface area contributed by atoms with Crippen LogP contribution in [0.25, 0.3) is 0 Å². The molecule has 0 unspecified atom stereocenters. The Morgan fingerprint density at radius 1 is 0.895 bits per heavy atom. The lowest BCUT2D eigenvalue weighted by Crippen LogP contribution is -2.08. The second kappa shape index (κ2) is 5.57. The smallest absolute Gasteiger partial charge is 0.221 e. The van der Waals surface area contributed by atoms with Crippen molar-refractivity contribution in [1.82, 2.24) is 0 Å². The van der Waals surface area contributed by atoms with Crippen LogP contribution in [0.5, 0.6) is 0 Å². The summed E-state index contributed by atoms with van der Waals surface area (Å²) in [6, 6.07) is 13.9. The predicted octanol–water partition coefficient (Wildman–Crippen LogP) is 4.01. The summed E-state index contributed by atoms with van der Waals surface area (Å²) in [6.07, 6.45) is 0. The number of carbonyl (C=O) groups excluding carboxylic acids is 1. The minimum Gasteiger partial charge on any atom is -0.353 e. The van der Waals surface area contributed by atoms with Crippen molar-refractivity contribution < 1.29 is 4.79 Å². The molecule has 0 atom stereocenters. The molecule has 0 aliphatic heterocycles. The predicted molar refractivity (Wildman–Crippen MR) is 79.9 cm³/mol. The fourth-order valence-electron chi connectivity index (χ4n) is 2.04. The molecule has 2 aromatic carbocycles. The second-order valence-corrected chi connectivity index (χ2v) is 4.62. The summed E-state index contributed by atoms with van der Waals surface area (Å²) in [4.78, 5) is 11.2. The number of anilines is 3. The number of rotatable bonds is 3. The third-order valence-electron chi connectivity index (χ3n) is 2.98. The molecule has 0 saturated carbocycles. The van der Waals surface area contributed by atoms with Crippen molar-refractivity contribution in [3.8, 4) is 0 Å². The fraction of sp³-hybridized carbons (Fsp3) is 0.188. The van der Waals surface area contributed by atoms with Crippen molar-refractivity contribution in [2.75, 3.05) is 10.6 Å².